The SMILES string of the molecule is COc1cc(-c2cccc3c2C2CCNCCC2N3)cc(OC)c1OC. The van der Waals surface area contributed by atoms with Gasteiger partial charge in [0, 0.05) is 17.6 Å². The first-order valence-electron chi connectivity index (χ1n) is 9.17. The van der Waals surface area contributed by atoms with Crippen LogP contribution in [0, 0.1) is 0 Å². The first-order valence-corrected chi connectivity index (χ1v) is 9.17. The lowest BCUT2D eigenvalue weighted by molar-refractivity contribution is 0.324. The molecule has 5 heteroatoms. The summed E-state index contributed by atoms with van der Waals surface area (Å²) in [6, 6.07) is 11.1. The number of fused-ring (bicyclic) bond motifs is 3. The lowest BCUT2D eigenvalue weighted by Crippen LogP contribution is -2.21. The Morgan fingerprint density at radius 1 is 0.923 bits per heavy atom. The van der Waals surface area contributed by atoms with Crippen molar-refractivity contribution >= 4 is 5.69 Å². The Balaban J connectivity index is 1.85. The van der Waals surface area contributed by atoms with E-state index in [1.165, 1.54) is 16.8 Å². The summed E-state index contributed by atoms with van der Waals surface area (Å²) in [6.07, 6.45) is 2.29. The summed E-state index contributed by atoms with van der Waals surface area (Å²) in [5, 5.41) is 7.26. The third-order valence-corrected chi connectivity index (χ3v) is 5.54. The average Bonchev–Trinajstić information content (AvgIpc) is 2.88. The molecule has 0 bridgehead atoms. The van der Waals surface area contributed by atoms with Crippen molar-refractivity contribution in [2.24, 2.45) is 0 Å². The molecule has 0 aromatic heterocycles. The molecular weight excluding hydrogens is 328 g/mol. The van der Waals surface area contributed by atoms with E-state index in [4.69, 9.17) is 14.2 Å². The van der Waals surface area contributed by atoms with E-state index in [0.717, 1.165) is 31.5 Å². The quantitative estimate of drug-likeness (QED) is 0.878. The van der Waals surface area contributed by atoms with Gasteiger partial charge in [0.2, 0.25) is 5.75 Å². The number of nitrogens with one attached hydrogen (secondary N) is 2. The smallest absolute Gasteiger partial charge is 0.203 e. The largest absolute Gasteiger partial charge is 0.493 e. The van der Waals surface area contributed by atoms with Crippen LogP contribution in [0.15, 0.2) is 30.3 Å². The van der Waals surface area contributed by atoms with Crippen LogP contribution >= 0.6 is 0 Å². The average molecular weight is 354 g/mol. The van der Waals surface area contributed by atoms with Gasteiger partial charge >= 0.3 is 0 Å². The number of rotatable bonds is 4. The first-order chi connectivity index (χ1) is 12.8. The maximum Gasteiger partial charge on any atom is 0.203 e. The molecule has 26 heavy (non-hydrogen) atoms. The topological polar surface area (TPSA) is 51.8 Å². The van der Waals surface area contributed by atoms with Gasteiger partial charge in [0.05, 0.1) is 21.3 Å². The van der Waals surface area contributed by atoms with Gasteiger partial charge in [-0.2, -0.15) is 0 Å². The molecule has 0 spiro atoms. The third-order valence-electron chi connectivity index (χ3n) is 5.54. The highest BCUT2D eigenvalue weighted by molar-refractivity contribution is 5.80. The zero-order chi connectivity index (χ0) is 18.1. The fraction of sp³-hybridized carbons (Fsp3) is 0.429. The molecule has 0 radical (unpaired) electrons. The van der Waals surface area contributed by atoms with Gasteiger partial charge in [-0.25, -0.2) is 0 Å². The van der Waals surface area contributed by atoms with Crippen LogP contribution < -0.4 is 24.8 Å². The summed E-state index contributed by atoms with van der Waals surface area (Å²) in [6.45, 7) is 2.13. The van der Waals surface area contributed by atoms with Crippen LogP contribution in [0.5, 0.6) is 17.2 Å². The van der Waals surface area contributed by atoms with E-state index >= 15 is 0 Å². The number of methoxy groups -OCH3 is 3. The van der Waals surface area contributed by atoms with Crippen LogP contribution in [0.3, 0.4) is 0 Å². The monoisotopic (exact) mass is 354 g/mol. The molecule has 1 fully saturated rings. The normalized spacial score (nSPS) is 21.2. The highest BCUT2D eigenvalue weighted by Gasteiger charge is 2.35. The summed E-state index contributed by atoms with van der Waals surface area (Å²) < 4.78 is 16.6. The molecular formula is C21H26N2O3. The van der Waals surface area contributed by atoms with Gasteiger partial charge < -0.3 is 24.8 Å². The van der Waals surface area contributed by atoms with Gasteiger partial charge in [0.15, 0.2) is 11.5 Å². The first kappa shape index (κ1) is 17.0. The molecule has 2 unspecified atom stereocenters. The summed E-state index contributed by atoms with van der Waals surface area (Å²) in [7, 11) is 4.95. The Hall–Kier alpha value is -2.40. The molecule has 2 heterocycles. The zero-order valence-corrected chi connectivity index (χ0v) is 15.6. The molecule has 4 rings (SSSR count). The summed E-state index contributed by atoms with van der Waals surface area (Å²) in [5.41, 5.74) is 5.00. The van der Waals surface area contributed by atoms with Crippen molar-refractivity contribution in [3.63, 3.8) is 0 Å². The number of hydrogen-bond donors (Lipinski definition) is 2. The number of benzene rings is 2. The number of ether oxygens (including phenoxy) is 3. The van der Waals surface area contributed by atoms with E-state index in [9.17, 15) is 0 Å². The molecule has 138 valence electrons. The van der Waals surface area contributed by atoms with Crippen molar-refractivity contribution in [3.8, 4) is 28.4 Å². The molecule has 2 aromatic carbocycles. The van der Waals surface area contributed by atoms with Crippen LogP contribution in [0.25, 0.3) is 11.1 Å². The van der Waals surface area contributed by atoms with Crippen LogP contribution in [-0.2, 0) is 0 Å². The van der Waals surface area contributed by atoms with E-state index in [-0.39, 0.29) is 0 Å². The minimum Gasteiger partial charge on any atom is -0.493 e. The molecule has 0 aliphatic carbocycles. The van der Waals surface area contributed by atoms with Crippen LogP contribution in [0.2, 0.25) is 0 Å². The molecule has 0 amide bonds. The molecule has 2 aliphatic rings. The van der Waals surface area contributed by atoms with E-state index < -0.39 is 0 Å². The van der Waals surface area contributed by atoms with E-state index in [0.29, 0.717) is 29.2 Å². The van der Waals surface area contributed by atoms with E-state index in [2.05, 4.69) is 28.8 Å². The fourth-order valence-corrected chi connectivity index (χ4v) is 4.34. The van der Waals surface area contributed by atoms with Crippen molar-refractivity contribution in [1.29, 1.82) is 0 Å². The van der Waals surface area contributed by atoms with E-state index in [1.54, 1.807) is 21.3 Å². The van der Waals surface area contributed by atoms with Crippen LogP contribution in [0.4, 0.5) is 5.69 Å². The second-order valence-corrected chi connectivity index (χ2v) is 6.87. The summed E-state index contributed by atoms with van der Waals surface area (Å²) >= 11 is 0. The minimum absolute atomic E-state index is 0.503. The Morgan fingerprint density at radius 3 is 2.35 bits per heavy atom. The van der Waals surface area contributed by atoms with Gasteiger partial charge in [-0.1, -0.05) is 12.1 Å². The van der Waals surface area contributed by atoms with Crippen molar-refractivity contribution in [2.45, 2.75) is 24.8 Å². The Kier molecular flexibility index (Phi) is 4.64. The van der Waals surface area contributed by atoms with Crippen LogP contribution in [0.1, 0.15) is 24.3 Å². The molecule has 2 atom stereocenters. The Morgan fingerprint density at radius 2 is 1.65 bits per heavy atom. The van der Waals surface area contributed by atoms with Crippen molar-refractivity contribution in [3.05, 3.63) is 35.9 Å². The predicted octanol–water partition coefficient (Wildman–Crippen LogP) is 3.64. The lowest BCUT2D eigenvalue weighted by atomic mass is 9.86. The summed E-state index contributed by atoms with van der Waals surface area (Å²) in [4.78, 5) is 0. The zero-order valence-electron chi connectivity index (χ0n) is 15.6. The second-order valence-electron chi connectivity index (χ2n) is 6.87. The molecule has 2 aliphatic heterocycles. The predicted molar refractivity (Wildman–Crippen MR) is 104 cm³/mol. The summed E-state index contributed by atoms with van der Waals surface area (Å²) in [5.74, 6) is 2.52. The van der Waals surface area contributed by atoms with Gasteiger partial charge in [-0.05, 0) is 60.8 Å². The standard InChI is InChI=1S/C21H26N2O3/c1-24-18-11-13(12-19(25-2)21(18)26-3)14-5-4-6-17-20(14)15-7-9-22-10-8-16(15)23-17/h4-6,11-12,15-16,22-23H,7-10H2,1-3H3. The van der Waals surface area contributed by atoms with Gasteiger partial charge in [0.25, 0.3) is 0 Å². The third kappa shape index (κ3) is 2.76. The van der Waals surface area contributed by atoms with E-state index in [1.807, 2.05) is 12.1 Å². The molecule has 2 N–H and O–H groups in total. The van der Waals surface area contributed by atoms with Crippen molar-refractivity contribution < 1.29 is 14.2 Å². The van der Waals surface area contributed by atoms with Crippen LogP contribution in [-0.4, -0.2) is 40.5 Å². The molecule has 2 aromatic rings. The van der Waals surface area contributed by atoms with Crippen molar-refractivity contribution in [1.82, 2.24) is 5.32 Å². The molecule has 1 saturated heterocycles. The minimum atomic E-state index is 0.503. The van der Waals surface area contributed by atoms with Gasteiger partial charge in [0.1, 0.15) is 0 Å². The van der Waals surface area contributed by atoms with Gasteiger partial charge in [-0.3, -0.25) is 0 Å². The molecule has 0 saturated carbocycles. The van der Waals surface area contributed by atoms with Gasteiger partial charge in [-0.15, -0.1) is 0 Å². The maximum absolute atomic E-state index is 5.56. The Bertz CT molecular complexity index is 781. The maximum atomic E-state index is 5.56. The Labute approximate surface area is 154 Å². The van der Waals surface area contributed by atoms with Crippen molar-refractivity contribution in [2.75, 3.05) is 39.7 Å². The number of hydrogen-bond acceptors (Lipinski definition) is 5. The second kappa shape index (κ2) is 7.08. The highest BCUT2D eigenvalue weighted by Crippen LogP contribution is 2.48. The number of anilines is 1. The lowest BCUT2D eigenvalue weighted by Gasteiger charge is -2.19. The highest BCUT2D eigenvalue weighted by atomic mass is 16.5. The fourth-order valence-electron chi connectivity index (χ4n) is 4.34. The molecule has 5 nitrogen and oxygen atoms in total.